The third kappa shape index (κ3) is 4.09. The van der Waals surface area contributed by atoms with E-state index in [1.54, 1.807) is 12.3 Å². The molecule has 2 aliphatic rings. The van der Waals surface area contributed by atoms with E-state index in [2.05, 4.69) is 42.0 Å². The summed E-state index contributed by atoms with van der Waals surface area (Å²) in [4.78, 5) is 10.8. The second-order valence-electron chi connectivity index (χ2n) is 7.07. The molecule has 6 nitrogen and oxygen atoms in total. The molecule has 0 spiro atoms. The Morgan fingerprint density at radius 3 is 2.08 bits per heavy atom. The average molecular weight is 356 g/mol. The highest BCUT2D eigenvalue weighted by Gasteiger charge is 2.19. The molecule has 26 heavy (non-hydrogen) atoms. The van der Waals surface area contributed by atoms with Gasteiger partial charge in [-0.3, -0.25) is 9.88 Å². The molecule has 0 aromatic carbocycles. The first-order valence-corrected chi connectivity index (χ1v) is 9.43. The zero-order chi connectivity index (χ0) is 17.8. The smallest absolute Gasteiger partial charge is 0.151 e. The van der Waals surface area contributed by atoms with Gasteiger partial charge in [0.15, 0.2) is 11.6 Å². The first kappa shape index (κ1) is 17.1. The average Bonchev–Trinajstić information content (AvgIpc) is 2.70. The van der Waals surface area contributed by atoms with E-state index in [0.29, 0.717) is 0 Å². The van der Waals surface area contributed by atoms with Crippen LogP contribution in [-0.2, 0) is 6.54 Å². The van der Waals surface area contributed by atoms with E-state index in [-0.39, 0.29) is 5.82 Å². The number of piperidine rings is 1. The van der Waals surface area contributed by atoms with Crippen LogP contribution in [0.2, 0.25) is 0 Å². The zero-order valence-electron chi connectivity index (χ0n) is 15.0. The predicted molar refractivity (Wildman–Crippen MR) is 99.8 cm³/mol. The number of pyridine rings is 1. The van der Waals surface area contributed by atoms with Crippen molar-refractivity contribution in [1.29, 1.82) is 0 Å². The number of halogens is 1. The van der Waals surface area contributed by atoms with Gasteiger partial charge in [0.05, 0.1) is 6.20 Å². The SMILES string of the molecule is Fc1cncc(CN2CCN(c3ccc(N4CCCCC4)nn3)CC2)c1. The molecule has 0 amide bonds. The molecule has 2 aliphatic heterocycles. The van der Waals surface area contributed by atoms with Gasteiger partial charge in [-0.15, -0.1) is 10.2 Å². The molecule has 2 fully saturated rings. The van der Waals surface area contributed by atoms with Crippen molar-refractivity contribution in [3.63, 3.8) is 0 Å². The highest BCUT2D eigenvalue weighted by molar-refractivity contribution is 5.45. The Bertz CT molecular complexity index is 708. The topological polar surface area (TPSA) is 48.4 Å². The lowest BCUT2D eigenvalue weighted by atomic mass is 10.1. The summed E-state index contributed by atoms with van der Waals surface area (Å²) in [6.45, 7) is 6.56. The third-order valence-electron chi connectivity index (χ3n) is 5.18. The summed E-state index contributed by atoms with van der Waals surface area (Å²) in [6, 6.07) is 5.74. The minimum Gasteiger partial charge on any atom is -0.355 e. The minimum absolute atomic E-state index is 0.273. The molecule has 2 saturated heterocycles. The van der Waals surface area contributed by atoms with Crippen LogP contribution in [0.1, 0.15) is 24.8 Å². The molecule has 0 N–H and O–H groups in total. The van der Waals surface area contributed by atoms with E-state index < -0.39 is 0 Å². The molecule has 0 saturated carbocycles. The van der Waals surface area contributed by atoms with Crippen LogP contribution in [0.3, 0.4) is 0 Å². The monoisotopic (exact) mass is 356 g/mol. The first-order chi connectivity index (χ1) is 12.8. The van der Waals surface area contributed by atoms with E-state index >= 15 is 0 Å². The van der Waals surface area contributed by atoms with Crippen LogP contribution in [-0.4, -0.2) is 59.3 Å². The van der Waals surface area contributed by atoms with Crippen LogP contribution in [0, 0.1) is 5.82 Å². The van der Waals surface area contributed by atoms with Crippen molar-refractivity contribution in [1.82, 2.24) is 20.1 Å². The fraction of sp³-hybridized carbons (Fsp3) is 0.526. The Hall–Kier alpha value is -2.28. The highest BCUT2D eigenvalue weighted by atomic mass is 19.1. The number of rotatable bonds is 4. The summed E-state index contributed by atoms with van der Waals surface area (Å²) in [5.41, 5.74) is 0.920. The molecule has 4 heterocycles. The molecule has 4 rings (SSSR count). The van der Waals surface area contributed by atoms with Crippen molar-refractivity contribution in [2.45, 2.75) is 25.8 Å². The van der Waals surface area contributed by atoms with Gasteiger partial charge >= 0.3 is 0 Å². The van der Waals surface area contributed by atoms with Gasteiger partial charge in [-0.2, -0.15) is 0 Å². The van der Waals surface area contributed by atoms with Crippen LogP contribution in [0.4, 0.5) is 16.0 Å². The summed E-state index contributed by atoms with van der Waals surface area (Å²) in [5, 5.41) is 8.90. The van der Waals surface area contributed by atoms with Crippen molar-refractivity contribution in [3.8, 4) is 0 Å². The van der Waals surface area contributed by atoms with Gasteiger partial charge < -0.3 is 9.80 Å². The van der Waals surface area contributed by atoms with E-state index in [1.165, 1.54) is 25.5 Å². The van der Waals surface area contributed by atoms with Gasteiger partial charge in [0, 0.05) is 52.0 Å². The maximum absolute atomic E-state index is 13.3. The first-order valence-electron chi connectivity index (χ1n) is 9.43. The van der Waals surface area contributed by atoms with Crippen molar-refractivity contribution >= 4 is 11.6 Å². The Kier molecular flexibility index (Phi) is 5.24. The normalized spacial score (nSPS) is 19.0. The van der Waals surface area contributed by atoms with Gasteiger partial charge in [0.25, 0.3) is 0 Å². The van der Waals surface area contributed by atoms with Crippen LogP contribution in [0.25, 0.3) is 0 Å². The Morgan fingerprint density at radius 2 is 1.46 bits per heavy atom. The van der Waals surface area contributed by atoms with Gasteiger partial charge in [-0.1, -0.05) is 0 Å². The van der Waals surface area contributed by atoms with Crippen molar-refractivity contribution in [2.24, 2.45) is 0 Å². The van der Waals surface area contributed by atoms with Gasteiger partial charge in [0.2, 0.25) is 0 Å². The van der Waals surface area contributed by atoms with E-state index in [1.807, 2.05) is 0 Å². The maximum atomic E-state index is 13.3. The molecule has 138 valence electrons. The molecule has 0 aliphatic carbocycles. The minimum atomic E-state index is -0.273. The number of piperazine rings is 1. The standard InChI is InChI=1S/C19H25FN6/c20-17-12-16(13-21-14-17)15-24-8-10-26(11-9-24)19-5-4-18(22-23-19)25-6-2-1-3-7-25/h4-5,12-14H,1-3,6-11,15H2. The summed E-state index contributed by atoms with van der Waals surface area (Å²) in [5.74, 6) is 1.66. The van der Waals surface area contributed by atoms with Crippen LogP contribution >= 0.6 is 0 Å². The number of hydrogen-bond donors (Lipinski definition) is 0. The van der Waals surface area contributed by atoms with Crippen molar-refractivity contribution < 1.29 is 4.39 Å². The van der Waals surface area contributed by atoms with E-state index in [4.69, 9.17) is 0 Å². The lowest BCUT2D eigenvalue weighted by molar-refractivity contribution is 0.248. The molecule has 2 aromatic rings. The third-order valence-corrected chi connectivity index (χ3v) is 5.18. The predicted octanol–water partition coefficient (Wildman–Crippen LogP) is 2.32. The lowest BCUT2D eigenvalue weighted by Crippen LogP contribution is -2.46. The second kappa shape index (κ2) is 7.95. The second-order valence-corrected chi connectivity index (χ2v) is 7.07. The van der Waals surface area contributed by atoms with Crippen LogP contribution in [0.15, 0.2) is 30.6 Å². The molecule has 0 radical (unpaired) electrons. The van der Waals surface area contributed by atoms with Crippen molar-refractivity contribution in [3.05, 3.63) is 42.0 Å². The Labute approximate surface area is 153 Å². The zero-order valence-corrected chi connectivity index (χ0v) is 15.0. The van der Waals surface area contributed by atoms with Gasteiger partial charge in [0.1, 0.15) is 5.82 Å². The van der Waals surface area contributed by atoms with Crippen molar-refractivity contribution in [2.75, 3.05) is 49.1 Å². The number of nitrogens with zero attached hydrogens (tertiary/aromatic N) is 6. The fourth-order valence-corrected chi connectivity index (χ4v) is 3.71. The van der Waals surface area contributed by atoms with Gasteiger partial charge in [-0.25, -0.2) is 4.39 Å². The number of aromatic nitrogens is 3. The molecule has 0 atom stereocenters. The molecule has 0 bridgehead atoms. The quantitative estimate of drug-likeness (QED) is 0.838. The lowest BCUT2D eigenvalue weighted by Gasteiger charge is -2.35. The summed E-state index contributed by atoms with van der Waals surface area (Å²) in [6.07, 6.45) is 6.78. The molecular weight excluding hydrogens is 331 g/mol. The number of hydrogen-bond acceptors (Lipinski definition) is 6. The fourth-order valence-electron chi connectivity index (χ4n) is 3.71. The molecule has 0 unspecified atom stereocenters. The largest absolute Gasteiger partial charge is 0.355 e. The maximum Gasteiger partial charge on any atom is 0.151 e. The Balaban J connectivity index is 1.31. The highest BCUT2D eigenvalue weighted by Crippen LogP contribution is 2.20. The molecular formula is C19H25FN6. The molecule has 7 heteroatoms. The van der Waals surface area contributed by atoms with E-state index in [0.717, 1.165) is 63.0 Å². The summed E-state index contributed by atoms with van der Waals surface area (Å²) < 4.78 is 13.3. The van der Waals surface area contributed by atoms with E-state index in [9.17, 15) is 4.39 Å². The number of anilines is 2. The van der Waals surface area contributed by atoms with Crippen LogP contribution < -0.4 is 9.80 Å². The Morgan fingerprint density at radius 1 is 0.808 bits per heavy atom. The van der Waals surface area contributed by atoms with Gasteiger partial charge in [-0.05, 0) is 43.0 Å². The molecule has 2 aromatic heterocycles. The summed E-state index contributed by atoms with van der Waals surface area (Å²) in [7, 11) is 0. The van der Waals surface area contributed by atoms with Crippen LogP contribution in [0.5, 0.6) is 0 Å². The summed E-state index contributed by atoms with van der Waals surface area (Å²) >= 11 is 0.